The Hall–Kier alpha value is -1.51. The van der Waals surface area contributed by atoms with Crippen molar-refractivity contribution in [1.29, 1.82) is 0 Å². The van der Waals surface area contributed by atoms with E-state index in [1.54, 1.807) is 11.0 Å². The predicted molar refractivity (Wildman–Crippen MR) is 85.6 cm³/mol. The van der Waals surface area contributed by atoms with Crippen LogP contribution in [0.15, 0.2) is 23.1 Å². The van der Waals surface area contributed by atoms with E-state index >= 15 is 0 Å². The fraction of sp³-hybridized carbons (Fsp3) is 0.500. The summed E-state index contributed by atoms with van der Waals surface area (Å²) in [6.45, 7) is 1.09. The van der Waals surface area contributed by atoms with Crippen molar-refractivity contribution in [3.63, 3.8) is 0 Å². The van der Waals surface area contributed by atoms with Crippen molar-refractivity contribution in [2.75, 3.05) is 46.3 Å². The molecule has 1 amide bonds. The number of benzene rings is 1. The van der Waals surface area contributed by atoms with Crippen LogP contribution in [0, 0.1) is 0 Å². The standard InChI is InChI=1S/C14H19ClN2O5S/c1-21-11-3-4-13(12(9-11)22-2)23(19,20)17-7-5-16(6-8-17)14(18)10-15/h3-4,9H,5-8,10H2,1-2H3. The van der Waals surface area contributed by atoms with Gasteiger partial charge in [0.1, 0.15) is 22.3 Å². The SMILES string of the molecule is COc1ccc(S(=O)(=O)N2CCN(C(=O)CCl)CC2)c(OC)c1. The molecule has 0 atom stereocenters. The Labute approximate surface area is 140 Å². The van der Waals surface area contributed by atoms with Gasteiger partial charge in [-0.05, 0) is 12.1 Å². The van der Waals surface area contributed by atoms with E-state index in [9.17, 15) is 13.2 Å². The van der Waals surface area contributed by atoms with Gasteiger partial charge in [0, 0.05) is 32.2 Å². The van der Waals surface area contributed by atoms with Crippen LogP contribution in [0.3, 0.4) is 0 Å². The molecular formula is C14H19ClN2O5S. The summed E-state index contributed by atoms with van der Waals surface area (Å²) >= 11 is 5.52. The monoisotopic (exact) mass is 362 g/mol. The van der Waals surface area contributed by atoms with Gasteiger partial charge in [-0.25, -0.2) is 8.42 Å². The quantitative estimate of drug-likeness (QED) is 0.723. The number of alkyl halides is 1. The second-order valence-corrected chi connectivity index (χ2v) is 7.11. The van der Waals surface area contributed by atoms with Crippen LogP contribution in [0.25, 0.3) is 0 Å². The summed E-state index contributed by atoms with van der Waals surface area (Å²) in [5.41, 5.74) is 0. The molecule has 9 heteroatoms. The normalized spacial score (nSPS) is 16.2. The fourth-order valence-corrected chi connectivity index (χ4v) is 4.12. The molecule has 1 heterocycles. The average molecular weight is 363 g/mol. The number of halogens is 1. The third-order valence-corrected chi connectivity index (χ3v) is 5.86. The zero-order valence-corrected chi connectivity index (χ0v) is 14.6. The second-order valence-electron chi connectivity index (χ2n) is 4.94. The number of piperazine rings is 1. The molecule has 1 aliphatic heterocycles. The first-order valence-corrected chi connectivity index (χ1v) is 8.97. The van der Waals surface area contributed by atoms with E-state index in [0.717, 1.165) is 0 Å². The number of hydrogen-bond donors (Lipinski definition) is 0. The van der Waals surface area contributed by atoms with Crippen LogP contribution in [-0.4, -0.2) is 69.8 Å². The van der Waals surface area contributed by atoms with Gasteiger partial charge < -0.3 is 14.4 Å². The summed E-state index contributed by atoms with van der Waals surface area (Å²) in [4.78, 5) is 13.2. The summed E-state index contributed by atoms with van der Waals surface area (Å²) in [7, 11) is -0.800. The van der Waals surface area contributed by atoms with Gasteiger partial charge >= 0.3 is 0 Å². The lowest BCUT2D eigenvalue weighted by Crippen LogP contribution is -2.50. The van der Waals surface area contributed by atoms with Crippen LogP contribution >= 0.6 is 11.6 Å². The molecule has 0 bridgehead atoms. The van der Waals surface area contributed by atoms with Crippen molar-refractivity contribution in [3.8, 4) is 11.5 Å². The summed E-state index contributed by atoms with van der Waals surface area (Å²) in [6.07, 6.45) is 0. The second kappa shape index (κ2) is 7.37. The molecule has 1 fully saturated rings. The molecule has 1 aromatic carbocycles. The highest BCUT2D eigenvalue weighted by Crippen LogP contribution is 2.31. The summed E-state index contributed by atoms with van der Waals surface area (Å²) < 4.78 is 37.2. The molecule has 7 nitrogen and oxygen atoms in total. The van der Waals surface area contributed by atoms with Gasteiger partial charge in [0.2, 0.25) is 15.9 Å². The molecule has 2 rings (SSSR count). The first-order chi connectivity index (χ1) is 10.9. The van der Waals surface area contributed by atoms with E-state index in [-0.39, 0.29) is 35.5 Å². The number of nitrogens with zero attached hydrogens (tertiary/aromatic N) is 2. The van der Waals surface area contributed by atoms with Crippen molar-refractivity contribution in [3.05, 3.63) is 18.2 Å². The van der Waals surface area contributed by atoms with Crippen LogP contribution < -0.4 is 9.47 Å². The van der Waals surface area contributed by atoms with E-state index in [1.807, 2.05) is 0 Å². The minimum Gasteiger partial charge on any atom is -0.497 e. The molecule has 1 aromatic rings. The largest absolute Gasteiger partial charge is 0.497 e. The van der Waals surface area contributed by atoms with Gasteiger partial charge in [-0.15, -0.1) is 11.6 Å². The van der Waals surface area contributed by atoms with E-state index in [2.05, 4.69) is 0 Å². The number of hydrogen-bond acceptors (Lipinski definition) is 5. The maximum Gasteiger partial charge on any atom is 0.246 e. The van der Waals surface area contributed by atoms with Gasteiger partial charge in [0.15, 0.2) is 0 Å². The van der Waals surface area contributed by atoms with Gasteiger partial charge in [0.05, 0.1) is 14.2 Å². The molecule has 0 aliphatic carbocycles. The van der Waals surface area contributed by atoms with E-state index in [1.165, 1.54) is 30.7 Å². The first kappa shape index (κ1) is 17.8. The molecule has 0 radical (unpaired) electrons. The zero-order valence-electron chi connectivity index (χ0n) is 13.0. The van der Waals surface area contributed by atoms with Crippen LogP contribution in [0.5, 0.6) is 11.5 Å². The van der Waals surface area contributed by atoms with Gasteiger partial charge in [0.25, 0.3) is 0 Å². The third-order valence-electron chi connectivity index (χ3n) is 3.69. The maximum atomic E-state index is 12.8. The minimum absolute atomic E-state index is 0.0814. The Morgan fingerprint density at radius 3 is 2.35 bits per heavy atom. The maximum absolute atomic E-state index is 12.8. The number of ether oxygens (including phenoxy) is 2. The molecule has 1 aliphatic rings. The highest BCUT2D eigenvalue weighted by Gasteiger charge is 2.32. The molecule has 23 heavy (non-hydrogen) atoms. The van der Waals surface area contributed by atoms with Gasteiger partial charge in [-0.3, -0.25) is 4.79 Å². The van der Waals surface area contributed by atoms with E-state index in [0.29, 0.717) is 18.8 Å². The van der Waals surface area contributed by atoms with E-state index in [4.69, 9.17) is 21.1 Å². The molecule has 0 aromatic heterocycles. The topological polar surface area (TPSA) is 76.2 Å². The predicted octanol–water partition coefficient (Wildman–Crippen LogP) is 0.775. The minimum atomic E-state index is -3.70. The molecular weight excluding hydrogens is 344 g/mol. The number of amides is 1. The van der Waals surface area contributed by atoms with E-state index < -0.39 is 10.0 Å². The number of methoxy groups -OCH3 is 2. The Kier molecular flexibility index (Phi) is 5.72. The zero-order chi connectivity index (χ0) is 17.0. The highest BCUT2D eigenvalue weighted by atomic mass is 35.5. The molecule has 0 N–H and O–H groups in total. The van der Waals surface area contributed by atoms with Crippen molar-refractivity contribution in [2.24, 2.45) is 0 Å². The van der Waals surface area contributed by atoms with Gasteiger partial charge in [-0.1, -0.05) is 0 Å². The summed E-state index contributed by atoms with van der Waals surface area (Å²) in [5.74, 6) is 0.451. The Morgan fingerprint density at radius 2 is 1.83 bits per heavy atom. The summed E-state index contributed by atoms with van der Waals surface area (Å²) in [5, 5.41) is 0. The van der Waals surface area contributed by atoms with Crippen molar-refractivity contribution < 1.29 is 22.7 Å². The molecule has 0 spiro atoms. The van der Waals surface area contributed by atoms with Crippen LogP contribution in [0.1, 0.15) is 0 Å². The Bertz CT molecular complexity index is 672. The van der Waals surface area contributed by atoms with Crippen molar-refractivity contribution in [2.45, 2.75) is 4.90 Å². The third kappa shape index (κ3) is 3.70. The molecule has 1 saturated heterocycles. The molecule has 0 saturated carbocycles. The number of carbonyl (C=O) groups is 1. The lowest BCUT2D eigenvalue weighted by molar-refractivity contribution is -0.129. The Balaban J connectivity index is 2.21. The Morgan fingerprint density at radius 1 is 1.17 bits per heavy atom. The van der Waals surface area contributed by atoms with Crippen LogP contribution in [-0.2, 0) is 14.8 Å². The number of rotatable bonds is 5. The van der Waals surface area contributed by atoms with Crippen molar-refractivity contribution in [1.82, 2.24) is 9.21 Å². The number of carbonyl (C=O) groups excluding carboxylic acids is 1. The lowest BCUT2D eigenvalue weighted by Gasteiger charge is -2.33. The lowest BCUT2D eigenvalue weighted by atomic mass is 10.3. The summed E-state index contributed by atoms with van der Waals surface area (Å²) in [6, 6.07) is 4.56. The number of sulfonamides is 1. The van der Waals surface area contributed by atoms with Crippen molar-refractivity contribution >= 4 is 27.5 Å². The fourth-order valence-electron chi connectivity index (χ4n) is 2.39. The smallest absolute Gasteiger partial charge is 0.246 e. The molecule has 0 unspecified atom stereocenters. The van der Waals surface area contributed by atoms with Crippen LogP contribution in [0.2, 0.25) is 0 Å². The average Bonchev–Trinajstić information content (AvgIpc) is 2.60. The highest BCUT2D eigenvalue weighted by molar-refractivity contribution is 7.89. The molecule has 128 valence electrons. The first-order valence-electron chi connectivity index (χ1n) is 7.00. The van der Waals surface area contributed by atoms with Gasteiger partial charge in [-0.2, -0.15) is 4.31 Å². The van der Waals surface area contributed by atoms with Crippen LogP contribution in [0.4, 0.5) is 0 Å².